The van der Waals surface area contributed by atoms with Crippen LogP contribution >= 0.6 is 11.8 Å². The van der Waals surface area contributed by atoms with Crippen molar-refractivity contribution in [1.82, 2.24) is 5.32 Å². The highest BCUT2D eigenvalue weighted by atomic mass is 32.2. The Morgan fingerprint density at radius 1 is 1.50 bits per heavy atom. The van der Waals surface area contributed by atoms with Crippen molar-refractivity contribution in [2.45, 2.75) is 12.5 Å². The van der Waals surface area contributed by atoms with Crippen molar-refractivity contribution in [1.29, 1.82) is 0 Å². The number of thioether (sulfide) groups is 1. The van der Waals surface area contributed by atoms with Crippen LogP contribution in [0.4, 0.5) is 4.39 Å². The van der Waals surface area contributed by atoms with E-state index in [2.05, 4.69) is 11.6 Å². The molecule has 0 fully saturated rings. The summed E-state index contributed by atoms with van der Waals surface area (Å²) in [5, 5.41) is 3.22. The highest BCUT2D eigenvalue weighted by molar-refractivity contribution is 7.98. The summed E-state index contributed by atoms with van der Waals surface area (Å²) in [4.78, 5) is 0. The van der Waals surface area contributed by atoms with Crippen LogP contribution in [0.1, 0.15) is 5.56 Å². The molecule has 0 amide bonds. The second-order valence-electron chi connectivity index (χ2n) is 3.61. The van der Waals surface area contributed by atoms with Crippen LogP contribution in [0.2, 0.25) is 0 Å². The van der Waals surface area contributed by atoms with Gasteiger partial charge in [-0.3, -0.25) is 0 Å². The van der Waals surface area contributed by atoms with Gasteiger partial charge in [-0.25, -0.2) is 4.39 Å². The Morgan fingerprint density at radius 2 is 2.25 bits per heavy atom. The molecule has 1 atom stereocenters. The minimum atomic E-state index is -0.293. The molecule has 1 aromatic rings. The zero-order chi connectivity index (χ0) is 12.0. The van der Waals surface area contributed by atoms with Crippen molar-refractivity contribution >= 4 is 11.8 Å². The lowest BCUT2D eigenvalue weighted by Crippen LogP contribution is -2.29. The van der Waals surface area contributed by atoms with Gasteiger partial charge in [-0.05, 0) is 37.4 Å². The second kappa shape index (κ2) is 6.76. The number of hydrogen-bond acceptors (Lipinski definition) is 3. The summed E-state index contributed by atoms with van der Waals surface area (Å²) in [5.41, 5.74) is 0.992. The molecular formula is C12H18FNOS. The first-order chi connectivity index (χ1) is 7.71. The van der Waals surface area contributed by atoms with Crippen LogP contribution in [-0.2, 0) is 6.42 Å². The highest BCUT2D eigenvalue weighted by Gasteiger charge is 2.09. The van der Waals surface area contributed by atoms with Crippen LogP contribution < -0.4 is 10.1 Å². The first-order valence-corrected chi connectivity index (χ1v) is 6.59. The molecule has 0 aliphatic heterocycles. The Hall–Kier alpha value is -0.740. The quantitative estimate of drug-likeness (QED) is 0.828. The van der Waals surface area contributed by atoms with Gasteiger partial charge in [0, 0.05) is 11.8 Å². The molecule has 0 radical (unpaired) electrons. The normalized spacial score (nSPS) is 12.5. The number of rotatable bonds is 6. The molecule has 0 heterocycles. The first-order valence-electron chi connectivity index (χ1n) is 5.20. The summed E-state index contributed by atoms with van der Waals surface area (Å²) in [5.74, 6) is 1.03. The molecule has 1 N–H and O–H groups in total. The van der Waals surface area contributed by atoms with Crippen molar-refractivity contribution < 1.29 is 9.13 Å². The maximum Gasteiger partial charge on any atom is 0.165 e. The van der Waals surface area contributed by atoms with Crippen LogP contribution in [0, 0.1) is 5.82 Å². The number of halogens is 1. The minimum absolute atomic E-state index is 0.293. The lowest BCUT2D eigenvalue weighted by atomic mass is 10.1. The van der Waals surface area contributed by atoms with Gasteiger partial charge in [0.2, 0.25) is 0 Å². The predicted octanol–water partition coefficient (Wildman–Crippen LogP) is 2.33. The van der Waals surface area contributed by atoms with E-state index in [4.69, 9.17) is 4.74 Å². The molecule has 16 heavy (non-hydrogen) atoms. The average molecular weight is 243 g/mol. The van der Waals surface area contributed by atoms with Gasteiger partial charge >= 0.3 is 0 Å². The predicted molar refractivity (Wildman–Crippen MR) is 67.9 cm³/mol. The van der Waals surface area contributed by atoms with Crippen LogP contribution in [0.5, 0.6) is 5.75 Å². The third-order valence-electron chi connectivity index (χ3n) is 2.47. The van der Waals surface area contributed by atoms with Crippen molar-refractivity contribution in [2.24, 2.45) is 0 Å². The van der Waals surface area contributed by atoms with E-state index in [9.17, 15) is 4.39 Å². The van der Waals surface area contributed by atoms with E-state index in [1.807, 2.05) is 13.1 Å². The Kier molecular flexibility index (Phi) is 5.63. The molecule has 0 spiro atoms. The Balaban J connectivity index is 2.69. The lowest BCUT2D eigenvalue weighted by Gasteiger charge is -2.15. The zero-order valence-corrected chi connectivity index (χ0v) is 10.7. The lowest BCUT2D eigenvalue weighted by molar-refractivity contribution is 0.386. The fourth-order valence-electron chi connectivity index (χ4n) is 1.57. The molecule has 0 saturated heterocycles. The summed E-state index contributed by atoms with van der Waals surface area (Å²) < 4.78 is 18.3. The van der Waals surface area contributed by atoms with Gasteiger partial charge in [0.25, 0.3) is 0 Å². The maximum atomic E-state index is 13.4. The molecule has 2 nitrogen and oxygen atoms in total. The molecule has 90 valence electrons. The third kappa shape index (κ3) is 3.68. The van der Waals surface area contributed by atoms with Crippen LogP contribution in [0.25, 0.3) is 0 Å². The van der Waals surface area contributed by atoms with Crippen molar-refractivity contribution in [3.8, 4) is 5.75 Å². The van der Waals surface area contributed by atoms with Crippen molar-refractivity contribution in [2.75, 3.05) is 26.2 Å². The monoisotopic (exact) mass is 243 g/mol. The molecule has 0 aromatic heterocycles. The summed E-state index contributed by atoms with van der Waals surface area (Å²) in [6.07, 6.45) is 2.90. The SMILES string of the molecule is CNC(CSC)Cc1ccc(OC)c(F)c1. The van der Waals surface area contributed by atoms with E-state index in [0.717, 1.165) is 17.7 Å². The molecule has 0 aliphatic carbocycles. The van der Waals surface area contributed by atoms with Crippen LogP contribution in [0.3, 0.4) is 0 Å². The van der Waals surface area contributed by atoms with E-state index in [1.54, 1.807) is 23.9 Å². The van der Waals surface area contributed by atoms with Gasteiger partial charge in [0.05, 0.1) is 7.11 Å². The van der Waals surface area contributed by atoms with Gasteiger partial charge in [-0.15, -0.1) is 0 Å². The second-order valence-corrected chi connectivity index (χ2v) is 4.52. The maximum absolute atomic E-state index is 13.4. The molecule has 1 aromatic carbocycles. The molecule has 4 heteroatoms. The van der Waals surface area contributed by atoms with E-state index in [-0.39, 0.29) is 5.82 Å². The fraction of sp³-hybridized carbons (Fsp3) is 0.500. The topological polar surface area (TPSA) is 21.3 Å². The van der Waals surface area contributed by atoms with Crippen molar-refractivity contribution in [3.05, 3.63) is 29.6 Å². The van der Waals surface area contributed by atoms with Gasteiger partial charge in [0.15, 0.2) is 11.6 Å². The Bertz CT molecular complexity index is 333. The average Bonchev–Trinajstić information content (AvgIpc) is 2.28. The van der Waals surface area contributed by atoms with Gasteiger partial charge in [-0.1, -0.05) is 6.07 Å². The zero-order valence-electron chi connectivity index (χ0n) is 9.92. The Morgan fingerprint density at radius 3 is 2.75 bits per heavy atom. The molecule has 1 rings (SSSR count). The number of methoxy groups -OCH3 is 1. The fourth-order valence-corrected chi connectivity index (χ4v) is 2.25. The van der Waals surface area contributed by atoms with E-state index >= 15 is 0 Å². The van der Waals surface area contributed by atoms with Gasteiger partial charge in [-0.2, -0.15) is 11.8 Å². The molecule has 0 saturated carbocycles. The van der Waals surface area contributed by atoms with Gasteiger partial charge in [0.1, 0.15) is 0 Å². The number of hydrogen-bond donors (Lipinski definition) is 1. The van der Waals surface area contributed by atoms with Crippen LogP contribution in [0.15, 0.2) is 18.2 Å². The largest absolute Gasteiger partial charge is 0.494 e. The standard InChI is InChI=1S/C12H18FNOS/c1-14-10(8-16-3)6-9-4-5-12(15-2)11(13)7-9/h4-5,7,10,14H,6,8H2,1-3H3. The molecule has 0 aliphatic rings. The number of nitrogens with one attached hydrogen (secondary N) is 1. The third-order valence-corrected chi connectivity index (χ3v) is 3.21. The van der Waals surface area contributed by atoms with Crippen molar-refractivity contribution in [3.63, 3.8) is 0 Å². The van der Waals surface area contributed by atoms with E-state index < -0.39 is 0 Å². The summed E-state index contributed by atoms with van der Waals surface area (Å²) in [6, 6.07) is 5.51. The first kappa shape index (κ1) is 13.3. The number of benzene rings is 1. The van der Waals surface area contributed by atoms with E-state index in [1.165, 1.54) is 7.11 Å². The van der Waals surface area contributed by atoms with Crippen LogP contribution in [-0.4, -0.2) is 32.2 Å². The summed E-state index contributed by atoms with van der Waals surface area (Å²) in [7, 11) is 3.41. The van der Waals surface area contributed by atoms with Gasteiger partial charge < -0.3 is 10.1 Å². The number of ether oxygens (including phenoxy) is 1. The van der Waals surface area contributed by atoms with E-state index in [0.29, 0.717) is 11.8 Å². The molecular weight excluding hydrogens is 225 g/mol. The summed E-state index contributed by atoms with van der Waals surface area (Å²) >= 11 is 1.78. The molecule has 0 bridgehead atoms. The number of likely N-dealkylation sites (N-methyl/N-ethyl adjacent to an activating group) is 1. The Labute approximate surface area is 101 Å². The molecule has 1 unspecified atom stereocenters. The highest BCUT2D eigenvalue weighted by Crippen LogP contribution is 2.18. The minimum Gasteiger partial charge on any atom is -0.494 e. The smallest absolute Gasteiger partial charge is 0.165 e. The summed E-state index contributed by atoms with van der Waals surface area (Å²) in [6.45, 7) is 0.